The van der Waals surface area contributed by atoms with Crippen LogP contribution in [0.25, 0.3) is 0 Å². The number of hydrogen-bond donors (Lipinski definition) is 1. The normalized spacial score (nSPS) is 12.4. The Morgan fingerprint density at radius 3 is 2.39 bits per heavy atom. The van der Waals surface area contributed by atoms with Crippen molar-refractivity contribution in [2.45, 2.75) is 25.1 Å². The molecule has 1 N–H and O–H groups in total. The zero-order valence-electron chi connectivity index (χ0n) is 16.0. The van der Waals surface area contributed by atoms with Crippen molar-refractivity contribution in [3.8, 4) is 0 Å². The second-order valence-electron chi connectivity index (χ2n) is 6.26. The second kappa shape index (κ2) is 10.5. The number of hydrogen-bond acceptors (Lipinski definition) is 4. The summed E-state index contributed by atoms with van der Waals surface area (Å²) in [4.78, 5) is 12.6. The van der Waals surface area contributed by atoms with E-state index in [1.54, 1.807) is 24.8 Å². The molecular weight excluding hydrogens is 399 g/mol. The van der Waals surface area contributed by atoms with Crippen LogP contribution < -0.4 is 9.62 Å². The quantitative estimate of drug-likeness (QED) is 0.594. The molecule has 0 radical (unpaired) electrons. The molecule has 0 saturated heterocycles. The number of rotatable bonds is 10. The SMILES string of the molecule is CC[C@@H](C(=O)NCCSCc1ccccc1)N(c1ccccc1F)S(C)(=O)=O. The average molecular weight is 425 g/mol. The van der Waals surface area contributed by atoms with Crippen LogP contribution in [0.15, 0.2) is 54.6 Å². The van der Waals surface area contributed by atoms with Crippen LogP contribution in [0.2, 0.25) is 0 Å². The highest BCUT2D eigenvalue weighted by molar-refractivity contribution is 7.98. The van der Waals surface area contributed by atoms with Crippen LogP contribution in [0, 0.1) is 5.82 Å². The largest absolute Gasteiger partial charge is 0.353 e. The minimum Gasteiger partial charge on any atom is -0.353 e. The molecule has 152 valence electrons. The maximum atomic E-state index is 14.2. The molecule has 0 aliphatic carbocycles. The first-order valence-electron chi connectivity index (χ1n) is 8.98. The molecule has 2 aromatic carbocycles. The number of amides is 1. The molecule has 0 aliphatic heterocycles. The summed E-state index contributed by atoms with van der Waals surface area (Å²) >= 11 is 1.67. The van der Waals surface area contributed by atoms with Crippen molar-refractivity contribution in [1.82, 2.24) is 5.32 Å². The standard InChI is InChI=1S/C20H25FN2O3S2/c1-3-18(23(28(2,25)26)19-12-8-7-11-17(19)21)20(24)22-13-14-27-15-16-9-5-4-6-10-16/h4-12,18H,3,13-15H2,1-2H3,(H,22,24)/t18-/m0/s1. The number of carbonyl (C=O) groups is 1. The third-order valence-corrected chi connectivity index (χ3v) is 6.27. The van der Waals surface area contributed by atoms with Gasteiger partial charge in [-0.1, -0.05) is 49.4 Å². The Morgan fingerprint density at radius 1 is 1.14 bits per heavy atom. The highest BCUT2D eigenvalue weighted by Gasteiger charge is 2.32. The maximum absolute atomic E-state index is 14.2. The van der Waals surface area contributed by atoms with Crippen LogP contribution in [-0.2, 0) is 20.6 Å². The second-order valence-corrected chi connectivity index (χ2v) is 9.23. The number of anilines is 1. The predicted octanol–water partition coefficient (Wildman–Crippen LogP) is 3.42. The molecule has 0 bridgehead atoms. The molecule has 0 aromatic heterocycles. The lowest BCUT2D eigenvalue weighted by Crippen LogP contribution is -2.50. The third-order valence-electron chi connectivity index (χ3n) is 4.08. The average Bonchev–Trinajstić information content (AvgIpc) is 2.66. The lowest BCUT2D eigenvalue weighted by molar-refractivity contribution is -0.122. The highest BCUT2D eigenvalue weighted by atomic mass is 32.2. The van der Waals surface area contributed by atoms with Gasteiger partial charge in [-0.2, -0.15) is 11.8 Å². The minimum absolute atomic E-state index is 0.120. The molecule has 28 heavy (non-hydrogen) atoms. The molecule has 0 heterocycles. The van der Waals surface area contributed by atoms with Gasteiger partial charge in [0.25, 0.3) is 0 Å². The summed E-state index contributed by atoms with van der Waals surface area (Å²) in [5, 5.41) is 2.77. The lowest BCUT2D eigenvalue weighted by atomic mass is 10.2. The number of nitrogens with one attached hydrogen (secondary N) is 1. The van der Waals surface area contributed by atoms with E-state index in [4.69, 9.17) is 0 Å². The van der Waals surface area contributed by atoms with Crippen molar-refractivity contribution >= 4 is 33.4 Å². The zero-order valence-corrected chi connectivity index (χ0v) is 17.6. The molecule has 0 saturated carbocycles. The van der Waals surface area contributed by atoms with Crippen LogP contribution >= 0.6 is 11.8 Å². The van der Waals surface area contributed by atoms with E-state index in [9.17, 15) is 17.6 Å². The molecular formula is C20H25FN2O3S2. The van der Waals surface area contributed by atoms with Gasteiger partial charge in [0.1, 0.15) is 11.9 Å². The molecule has 0 spiro atoms. The van der Waals surface area contributed by atoms with E-state index in [-0.39, 0.29) is 12.1 Å². The summed E-state index contributed by atoms with van der Waals surface area (Å²) in [6.07, 6.45) is 1.20. The fourth-order valence-corrected chi connectivity index (χ4v) is 4.83. The lowest BCUT2D eigenvalue weighted by Gasteiger charge is -2.30. The number of thioether (sulfide) groups is 1. The van der Waals surface area contributed by atoms with Crippen LogP contribution in [0.1, 0.15) is 18.9 Å². The fraction of sp³-hybridized carbons (Fsp3) is 0.350. The first-order chi connectivity index (χ1) is 13.3. The Hall–Kier alpha value is -2.06. The van der Waals surface area contributed by atoms with Gasteiger partial charge < -0.3 is 5.32 Å². The number of benzene rings is 2. The summed E-state index contributed by atoms with van der Waals surface area (Å²) in [5.41, 5.74) is 1.08. The van der Waals surface area contributed by atoms with Crippen molar-refractivity contribution < 1.29 is 17.6 Å². The van der Waals surface area contributed by atoms with Gasteiger partial charge in [0.15, 0.2) is 0 Å². The summed E-state index contributed by atoms with van der Waals surface area (Å²) in [5.74, 6) is 0.405. The van der Waals surface area contributed by atoms with Crippen molar-refractivity contribution in [3.63, 3.8) is 0 Å². The van der Waals surface area contributed by atoms with E-state index in [1.165, 1.54) is 23.8 Å². The molecule has 5 nitrogen and oxygen atoms in total. The molecule has 1 atom stereocenters. The minimum atomic E-state index is -3.84. The van der Waals surface area contributed by atoms with Gasteiger partial charge in [0.05, 0.1) is 11.9 Å². The highest BCUT2D eigenvalue weighted by Crippen LogP contribution is 2.25. The van der Waals surface area contributed by atoms with Gasteiger partial charge in [-0.15, -0.1) is 0 Å². The first-order valence-corrected chi connectivity index (χ1v) is 12.0. The molecule has 1 amide bonds. The smallest absolute Gasteiger partial charge is 0.243 e. The molecule has 0 fully saturated rings. The topological polar surface area (TPSA) is 66.5 Å². The van der Waals surface area contributed by atoms with E-state index in [0.717, 1.165) is 16.3 Å². The zero-order chi connectivity index (χ0) is 20.6. The Kier molecular flexibility index (Phi) is 8.32. The van der Waals surface area contributed by atoms with Crippen LogP contribution in [0.5, 0.6) is 0 Å². The number of sulfonamides is 1. The maximum Gasteiger partial charge on any atom is 0.243 e. The molecule has 0 aliphatic rings. The van der Waals surface area contributed by atoms with E-state index < -0.39 is 27.8 Å². The van der Waals surface area contributed by atoms with Gasteiger partial charge in [0, 0.05) is 18.1 Å². The molecule has 2 rings (SSSR count). The van der Waals surface area contributed by atoms with Crippen LogP contribution in [-0.4, -0.2) is 38.9 Å². The van der Waals surface area contributed by atoms with E-state index in [0.29, 0.717) is 12.3 Å². The van der Waals surface area contributed by atoms with Crippen molar-refractivity contribution in [2.24, 2.45) is 0 Å². The van der Waals surface area contributed by atoms with Crippen LogP contribution in [0.4, 0.5) is 10.1 Å². The van der Waals surface area contributed by atoms with Gasteiger partial charge in [-0.3, -0.25) is 9.10 Å². The van der Waals surface area contributed by atoms with Crippen molar-refractivity contribution in [2.75, 3.05) is 22.9 Å². The Labute approximate surface area is 170 Å². The number of carbonyl (C=O) groups excluding carboxylic acids is 1. The number of para-hydroxylation sites is 1. The van der Waals surface area contributed by atoms with Crippen molar-refractivity contribution in [1.29, 1.82) is 0 Å². The van der Waals surface area contributed by atoms with Gasteiger partial charge in [-0.25, -0.2) is 12.8 Å². The first kappa shape index (κ1) is 22.2. The monoisotopic (exact) mass is 424 g/mol. The Balaban J connectivity index is 1.99. The fourth-order valence-electron chi connectivity index (χ4n) is 2.79. The van der Waals surface area contributed by atoms with Gasteiger partial charge >= 0.3 is 0 Å². The molecule has 2 aromatic rings. The molecule has 8 heteroatoms. The summed E-state index contributed by atoms with van der Waals surface area (Å²) < 4.78 is 39.7. The van der Waals surface area contributed by atoms with Crippen molar-refractivity contribution in [3.05, 3.63) is 66.0 Å². The molecule has 0 unspecified atom stereocenters. The van der Waals surface area contributed by atoms with E-state index in [1.807, 2.05) is 30.3 Å². The van der Waals surface area contributed by atoms with Gasteiger partial charge in [0.2, 0.25) is 15.9 Å². The number of halogens is 1. The van der Waals surface area contributed by atoms with Crippen LogP contribution in [0.3, 0.4) is 0 Å². The number of nitrogens with zero attached hydrogens (tertiary/aromatic N) is 1. The summed E-state index contributed by atoms with van der Waals surface area (Å²) in [7, 11) is -3.84. The Bertz CT molecular complexity index is 876. The Morgan fingerprint density at radius 2 is 1.79 bits per heavy atom. The summed E-state index contributed by atoms with van der Waals surface area (Å²) in [6.45, 7) is 2.11. The summed E-state index contributed by atoms with van der Waals surface area (Å²) in [6, 6.07) is 14.5. The van der Waals surface area contributed by atoms with Gasteiger partial charge in [-0.05, 0) is 24.1 Å². The van der Waals surface area contributed by atoms with E-state index in [2.05, 4.69) is 5.32 Å². The van der Waals surface area contributed by atoms with E-state index >= 15 is 0 Å². The third kappa shape index (κ3) is 6.24. The predicted molar refractivity (Wildman–Crippen MR) is 113 cm³/mol.